The monoisotopic (exact) mass is 389 g/mol. The van der Waals surface area contributed by atoms with Gasteiger partial charge in [0.15, 0.2) is 10.9 Å². The third-order valence-corrected chi connectivity index (χ3v) is 5.73. The third kappa shape index (κ3) is 3.16. The van der Waals surface area contributed by atoms with E-state index in [-0.39, 0.29) is 11.3 Å². The van der Waals surface area contributed by atoms with Crippen molar-refractivity contribution in [3.63, 3.8) is 0 Å². The van der Waals surface area contributed by atoms with Crippen molar-refractivity contribution in [1.82, 2.24) is 14.5 Å². The average Bonchev–Trinajstić information content (AvgIpc) is 3.14. The molecule has 140 valence electrons. The Morgan fingerprint density at radius 1 is 1.21 bits per heavy atom. The van der Waals surface area contributed by atoms with Crippen LogP contribution in [0.5, 0.6) is 0 Å². The van der Waals surface area contributed by atoms with E-state index in [0.717, 1.165) is 10.9 Å². The van der Waals surface area contributed by atoms with Gasteiger partial charge >= 0.3 is 0 Å². The molecule has 0 saturated carbocycles. The van der Waals surface area contributed by atoms with Gasteiger partial charge in [0, 0.05) is 29.2 Å². The molecule has 2 aromatic carbocycles. The zero-order valence-electron chi connectivity index (χ0n) is 15.4. The van der Waals surface area contributed by atoms with Crippen molar-refractivity contribution in [2.24, 2.45) is 0 Å². The number of ketones is 1. The molecule has 0 fully saturated rings. The van der Waals surface area contributed by atoms with Crippen LogP contribution in [0.4, 0.5) is 0 Å². The Balaban J connectivity index is 1.72. The van der Waals surface area contributed by atoms with E-state index in [4.69, 9.17) is 0 Å². The first-order chi connectivity index (χ1) is 13.6. The molecule has 28 heavy (non-hydrogen) atoms. The second-order valence-electron chi connectivity index (χ2n) is 6.49. The van der Waals surface area contributed by atoms with Crippen LogP contribution < -0.4 is 5.56 Å². The number of nitrogens with one attached hydrogen (secondary N) is 1. The van der Waals surface area contributed by atoms with Crippen molar-refractivity contribution in [2.45, 2.75) is 23.9 Å². The standard InChI is InChI=1S/C22H19N3O2S/c1-3-12-25-21(27)16-9-5-7-11-19(16)24-22(25)28-14(2)20(26)17-13-23-18-10-6-4-8-15(17)18/h3-11,13-14,23H,1,12H2,2H3/t14-/m0/s1. The summed E-state index contributed by atoms with van der Waals surface area (Å²) < 4.78 is 1.57. The van der Waals surface area contributed by atoms with Crippen molar-refractivity contribution >= 4 is 39.4 Å². The highest BCUT2D eigenvalue weighted by Gasteiger charge is 2.22. The fourth-order valence-corrected chi connectivity index (χ4v) is 4.22. The molecular formula is C22H19N3O2S. The first-order valence-electron chi connectivity index (χ1n) is 8.97. The number of carbonyl (C=O) groups is 1. The number of para-hydroxylation sites is 2. The molecule has 0 aliphatic carbocycles. The summed E-state index contributed by atoms with van der Waals surface area (Å²) in [5, 5.41) is 1.58. The number of aromatic amines is 1. The van der Waals surface area contributed by atoms with Gasteiger partial charge < -0.3 is 4.98 Å². The fraction of sp³-hybridized carbons (Fsp3) is 0.136. The first-order valence-corrected chi connectivity index (χ1v) is 9.85. The van der Waals surface area contributed by atoms with E-state index in [1.54, 1.807) is 22.9 Å². The lowest BCUT2D eigenvalue weighted by Gasteiger charge is -2.14. The largest absolute Gasteiger partial charge is 0.360 e. The van der Waals surface area contributed by atoms with Gasteiger partial charge in [-0.1, -0.05) is 48.2 Å². The summed E-state index contributed by atoms with van der Waals surface area (Å²) in [5.41, 5.74) is 2.08. The Labute approximate surface area is 166 Å². The van der Waals surface area contributed by atoms with Crippen LogP contribution in [0.1, 0.15) is 17.3 Å². The van der Waals surface area contributed by atoms with Crippen LogP contribution in [0.15, 0.2) is 77.3 Å². The molecule has 2 aromatic heterocycles. The molecule has 2 heterocycles. The maximum atomic E-state index is 13.1. The highest BCUT2D eigenvalue weighted by atomic mass is 32.2. The van der Waals surface area contributed by atoms with E-state index in [1.807, 2.05) is 49.4 Å². The van der Waals surface area contributed by atoms with Crippen molar-refractivity contribution in [3.8, 4) is 0 Å². The number of rotatable bonds is 6. The van der Waals surface area contributed by atoms with Crippen LogP contribution in [0.3, 0.4) is 0 Å². The summed E-state index contributed by atoms with van der Waals surface area (Å²) in [6.45, 7) is 5.92. The summed E-state index contributed by atoms with van der Waals surface area (Å²) in [4.78, 5) is 33.7. The zero-order chi connectivity index (χ0) is 19.7. The fourth-order valence-electron chi connectivity index (χ4n) is 3.23. The minimum atomic E-state index is -0.400. The van der Waals surface area contributed by atoms with Gasteiger partial charge in [-0.3, -0.25) is 14.2 Å². The molecule has 5 nitrogen and oxygen atoms in total. The molecular weight excluding hydrogens is 370 g/mol. The number of benzene rings is 2. The van der Waals surface area contributed by atoms with Gasteiger partial charge in [0.2, 0.25) is 0 Å². The number of thioether (sulfide) groups is 1. The Morgan fingerprint density at radius 2 is 1.93 bits per heavy atom. The zero-order valence-corrected chi connectivity index (χ0v) is 16.2. The van der Waals surface area contributed by atoms with Crippen molar-refractivity contribution in [1.29, 1.82) is 0 Å². The Bertz CT molecular complexity index is 1260. The number of hydrogen-bond acceptors (Lipinski definition) is 4. The number of hydrogen-bond donors (Lipinski definition) is 1. The lowest BCUT2D eigenvalue weighted by molar-refractivity contribution is 0.0995. The summed E-state index contributed by atoms with van der Waals surface area (Å²) in [7, 11) is 0. The molecule has 0 aliphatic rings. The quantitative estimate of drug-likeness (QED) is 0.229. The predicted molar refractivity (Wildman–Crippen MR) is 114 cm³/mol. The van der Waals surface area contributed by atoms with Crippen LogP contribution in [0.25, 0.3) is 21.8 Å². The highest BCUT2D eigenvalue weighted by Crippen LogP contribution is 2.27. The topological polar surface area (TPSA) is 67.8 Å². The van der Waals surface area contributed by atoms with Crippen LogP contribution in [0, 0.1) is 0 Å². The third-order valence-electron chi connectivity index (χ3n) is 4.64. The van der Waals surface area contributed by atoms with E-state index in [9.17, 15) is 9.59 Å². The van der Waals surface area contributed by atoms with Crippen LogP contribution in [-0.2, 0) is 6.54 Å². The molecule has 4 rings (SSSR count). The smallest absolute Gasteiger partial charge is 0.262 e. The van der Waals surface area contributed by atoms with Gasteiger partial charge in [0.1, 0.15) is 0 Å². The summed E-state index contributed by atoms with van der Waals surface area (Å²) in [6, 6.07) is 15.0. The average molecular weight is 389 g/mol. The molecule has 6 heteroatoms. The van der Waals surface area contributed by atoms with Crippen LogP contribution in [0.2, 0.25) is 0 Å². The predicted octanol–water partition coefficient (Wildman–Crippen LogP) is 4.43. The minimum Gasteiger partial charge on any atom is -0.360 e. The maximum absolute atomic E-state index is 13.1. The molecule has 0 unspecified atom stereocenters. The molecule has 0 spiro atoms. The number of H-pyrrole nitrogens is 1. The van der Waals surface area contributed by atoms with E-state index in [0.29, 0.717) is 28.2 Å². The van der Waals surface area contributed by atoms with Gasteiger partial charge in [-0.05, 0) is 25.1 Å². The van der Waals surface area contributed by atoms with E-state index in [1.165, 1.54) is 11.8 Å². The van der Waals surface area contributed by atoms with Crippen molar-refractivity contribution < 1.29 is 4.79 Å². The molecule has 0 amide bonds. The first kappa shape index (κ1) is 18.3. The summed E-state index contributed by atoms with van der Waals surface area (Å²) in [6.07, 6.45) is 3.41. The van der Waals surface area contributed by atoms with Gasteiger partial charge in [0.25, 0.3) is 5.56 Å². The second kappa shape index (κ2) is 7.48. The molecule has 1 N–H and O–H groups in total. The molecule has 0 bridgehead atoms. The molecule has 0 saturated heterocycles. The SMILES string of the molecule is C=CCn1c(S[C@@H](C)C(=O)c2c[nH]c3ccccc23)nc2ccccc2c1=O. The Hall–Kier alpha value is -3.12. The van der Waals surface area contributed by atoms with E-state index >= 15 is 0 Å². The lowest BCUT2D eigenvalue weighted by atomic mass is 10.1. The van der Waals surface area contributed by atoms with Crippen LogP contribution >= 0.6 is 11.8 Å². The lowest BCUT2D eigenvalue weighted by Crippen LogP contribution is -2.24. The summed E-state index contributed by atoms with van der Waals surface area (Å²) in [5.74, 6) is -0.00462. The number of fused-ring (bicyclic) bond motifs is 2. The van der Waals surface area contributed by atoms with Crippen molar-refractivity contribution in [2.75, 3.05) is 0 Å². The number of allylic oxidation sites excluding steroid dienone is 1. The number of carbonyl (C=O) groups excluding carboxylic acids is 1. The van der Waals surface area contributed by atoms with Crippen LogP contribution in [-0.4, -0.2) is 25.6 Å². The Kier molecular flexibility index (Phi) is 4.88. The Morgan fingerprint density at radius 3 is 2.71 bits per heavy atom. The molecule has 0 aliphatic heterocycles. The number of nitrogens with zero attached hydrogens (tertiary/aromatic N) is 2. The minimum absolute atomic E-state index is 0.00462. The van der Waals surface area contributed by atoms with E-state index in [2.05, 4.69) is 16.5 Å². The maximum Gasteiger partial charge on any atom is 0.262 e. The molecule has 0 radical (unpaired) electrons. The molecule has 1 atom stereocenters. The van der Waals surface area contributed by atoms with Gasteiger partial charge in [-0.2, -0.15) is 0 Å². The number of aromatic nitrogens is 3. The highest BCUT2D eigenvalue weighted by molar-refractivity contribution is 8.00. The van der Waals surface area contributed by atoms with Gasteiger partial charge in [-0.15, -0.1) is 6.58 Å². The van der Waals surface area contributed by atoms with Gasteiger partial charge in [0.05, 0.1) is 16.2 Å². The normalized spacial score (nSPS) is 12.3. The summed E-state index contributed by atoms with van der Waals surface area (Å²) >= 11 is 1.29. The van der Waals surface area contributed by atoms with E-state index < -0.39 is 5.25 Å². The van der Waals surface area contributed by atoms with Gasteiger partial charge in [-0.25, -0.2) is 4.98 Å². The molecule has 4 aromatic rings. The van der Waals surface area contributed by atoms with Crippen molar-refractivity contribution in [3.05, 3.63) is 83.3 Å². The number of Topliss-reactive ketones (excluding diaryl/α,β-unsaturated/α-hetero) is 1. The second-order valence-corrected chi connectivity index (χ2v) is 7.80.